The van der Waals surface area contributed by atoms with Gasteiger partial charge in [0.1, 0.15) is 5.82 Å². The van der Waals surface area contributed by atoms with E-state index in [2.05, 4.69) is 10.6 Å². The molecule has 1 fully saturated rings. The summed E-state index contributed by atoms with van der Waals surface area (Å²) in [6.07, 6.45) is 4.26. The van der Waals surface area contributed by atoms with Crippen molar-refractivity contribution < 1.29 is 14.0 Å². The largest absolute Gasteiger partial charge is 0.349 e. The molecule has 0 unspecified atom stereocenters. The van der Waals surface area contributed by atoms with E-state index in [1.165, 1.54) is 18.2 Å². The van der Waals surface area contributed by atoms with E-state index in [-0.39, 0.29) is 17.0 Å². The van der Waals surface area contributed by atoms with E-state index in [1.54, 1.807) is 24.3 Å². The van der Waals surface area contributed by atoms with Gasteiger partial charge in [-0.05, 0) is 49.2 Å². The summed E-state index contributed by atoms with van der Waals surface area (Å²) in [6.45, 7) is 0. The first kappa shape index (κ1) is 17.4. The molecular formula is C19H18ClFN2O2. The number of anilines is 1. The fourth-order valence-electron chi connectivity index (χ4n) is 2.92. The number of rotatable bonds is 4. The number of nitrogens with one attached hydrogen (secondary N) is 2. The molecule has 1 aliphatic rings. The summed E-state index contributed by atoms with van der Waals surface area (Å²) < 4.78 is 13.2. The predicted molar refractivity (Wildman–Crippen MR) is 95.5 cm³/mol. The zero-order chi connectivity index (χ0) is 17.8. The van der Waals surface area contributed by atoms with Crippen molar-refractivity contribution in [1.82, 2.24) is 5.32 Å². The van der Waals surface area contributed by atoms with Crippen LogP contribution in [0.3, 0.4) is 0 Å². The fourth-order valence-corrected chi connectivity index (χ4v) is 3.10. The fraction of sp³-hybridized carbons (Fsp3) is 0.263. The lowest BCUT2D eigenvalue weighted by Gasteiger charge is -2.12. The molecule has 1 aliphatic carbocycles. The van der Waals surface area contributed by atoms with Gasteiger partial charge < -0.3 is 10.6 Å². The number of carbonyl (C=O) groups excluding carboxylic acids is 2. The van der Waals surface area contributed by atoms with Crippen LogP contribution in [0, 0.1) is 5.82 Å². The van der Waals surface area contributed by atoms with Crippen LogP contribution in [0.2, 0.25) is 5.02 Å². The van der Waals surface area contributed by atoms with E-state index in [4.69, 9.17) is 11.6 Å². The molecule has 0 aliphatic heterocycles. The maximum atomic E-state index is 13.2. The van der Waals surface area contributed by atoms with Crippen LogP contribution < -0.4 is 10.6 Å². The topological polar surface area (TPSA) is 58.2 Å². The zero-order valence-electron chi connectivity index (χ0n) is 13.5. The van der Waals surface area contributed by atoms with Gasteiger partial charge in [-0.3, -0.25) is 9.59 Å². The molecule has 4 nitrogen and oxygen atoms in total. The van der Waals surface area contributed by atoms with Gasteiger partial charge in [-0.2, -0.15) is 0 Å². The Balaban J connectivity index is 1.70. The predicted octanol–water partition coefficient (Wildman–Crippen LogP) is 4.40. The molecule has 2 amide bonds. The van der Waals surface area contributed by atoms with Gasteiger partial charge in [-0.25, -0.2) is 4.39 Å². The van der Waals surface area contributed by atoms with Crippen molar-refractivity contribution in [3.63, 3.8) is 0 Å². The Hall–Kier alpha value is -2.40. The Morgan fingerprint density at radius 2 is 1.68 bits per heavy atom. The van der Waals surface area contributed by atoms with Crippen LogP contribution >= 0.6 is 11.6 Å². The molecule has 1 saturated carbocycles. The number of benzene rings is 2. The molecule has 2 aromatic rings. The third-order valence-corrected chi connectivity index (χ3v) is 4.54. The van der Waals surface area contributed by atoms with Gasteiger partial charge in [0.05, 0.1) is 5.02 Å². The minimum Gasteiger partial charge on any atom is -0.349 e. The van der Waals surface area contributed by atoms with Crippen molar-refractivity contribution in [2.75, 3.05) is 5.32 Å². The quantitative estimate of drug-likeness (QED) is 0.848. The molecule has 25 heavy (non-hydrogen) atoms. The highest BCUT2D eigenvalue weighted by Gasteiger charge is 2.18. The standard InChI is InChI=1S/C19H18ClFN2O2/c20-16-11-15(8-9-17(16)21)23-19(25)13-5-3-4-12(10-13)18(24)22-14-6-1-2-7-14/h3-5,8-11,14H,1-2,6-7H2,(H,22,24)(H,23,25). The summed E-state index contributed by atoms with van der Waals surface area (Å²) in [5.41, 5.74) is 1.17. The van der Waals surface area contributed by atoms with E-state index < -0.39 is 11.7 Å². The Morgan fingerprint density at radius 1 is 1.00 bits per heavy atom. The lowest BCUT2D eigenvalue weighted by Crippen LogP contribution is -2.32. The average molecular weight is 361 g/mol. The van der Waals surface area contributed by atoms with Crippen LogP contribution in [-0.2, 0) is 0 Å². The molecule has 0 spiro atoms. The summed E-state index contributed by atoms with van der Waals surface area (Å²) in [6, 6.07) is 10.7. The van der Waals surface area contributed by atoms with E-state index in [9.17, 15) is 14.0 Å². The van der Waals surface area contributed by atoms with Crippen molar-refractivity contribution in [2.24, 2.45) is 0 Å². The second kappa shape index (κ2) is 7.66. The number of halogens is 2. The molecule has 0 aromatic heterocycles. The Kier molecular flexibility index (Phi) is 5.34. The Bertz CT molecular complexity index is 804. The molecule has 3 rings (SSSR count). The van der Waals surface area contributed by atoms with Gasteiger partial charge in [-0.1, -0.05) is 30.5 Å². The maximum absolute atomic E-state index is 13.2. The minimum absolute atomic E-state index is 0.0671. The molecule has 0 bridgehead atoms. The highest BCUT2D eigenvalue weighted by Crippen LogP contribution is 2.21. The summed E-state index contributed by atoms with van der Waals surface area (Å²) in [5.74, 6) is -1.12. The van der Waals surface area contributed by atoms with Gasteiger partial charge in [-0.15, -0.1) is 0 Å². The van der Waals surface area contributed by atoms with Crippen LogP contribution in [0.1, 0.15) is 46.4 Å². The molecule has 0 atom stereocenters. The van der Waals surface area contributed by atoms with Gasteiger partial charge in [0, 0.05) is 22.9 Å². The van der Waals surface area contributed by atoms with Crippen LogP contribution in [0.4, 0.5) is 10.1 Å². The zero-order valence-corrected chi connectivity index (χ0v) is 14.3. The van der Waals surface area contributed by atoms with Crippen molar-refractivity contribution in [2.45, 2.75) is 31.7 Å². The Morgan fingerprint density at radius 3 is 2.36 bits per heavy atom. The monoisotopic (exact) mass is 360 g/mol. The van der Waals surface area contributed by atoms with Gasteiger partial charge in [0.2, 0.25) is 0 Å². The lowest BCUT2D eigenvalue weighted by molar-refractivity contribution is 0.0938. The average Bonchev–Trinajstić information content (AvgIpc) is 3.11. The summed E-state index contributed by atoms with van der Waals surface area (Å²) >= 11 is 5.71. The third-order valence-electron chi connectivity index (χ3n) is 4.25. The maximum Gasteiger partial charge on any atom is 0.255 e. The molecule has 6 heteroatoms. The van der Waals surface area contributed by atoms with Gasteiger partial charge in [0.25, 0.3) is 11.8 Å². The number of hydrogen-bond acceptors (Lipinski definition) is 2. The van der Waals surface area contributed by atoms with Gasteiger partial charge >= 0.3 is 0 Å². The highest BCUT2D eigenvalue weighted by molar-refractivity contribution is 6.31. The second-order valence-corrected chi connectivity index (χ2v) is 6.53. The highest BCUT2D eigenvalue weighted by atomic mass is 35.5. The van der Waals surface area contributed by atoms with E-state index in [0.29, 0.717) is 16.8 Å². The second-order valence-electron chi connectivity index (χ2n) is 6.12. The van der Waals surface area contributed by atoms with Crippen LogP contribution in [0.5, 0.6) is 0 Å². The van der Waals surface area contributed by atoms with E-state index in [0.717, 1.165) is 25.7 Å². The smallest absolute Gasteiger partial charge is 0.255 e. The van der Waals surface area contributed by atoms with Crippen molar-refractivity contribution in [1.29, 1.82) is 0 Å². The number of hydrogen-bond donors (Lipinski definition) is 2. The number of carbonyl (C=O) groups is 2. The first-order valence-electron chi connectivity index (χ1n) is 8.20. The summed E-state index contributed by atoms with van der Waals surface area (Å²) in [7, 11) is 0. The molecule has 0 saturated heterocycles. The first-order valence-corrected chi connectivity index (χ1v) is 8.58. The lowest BCUT2D eigenvalue weighted by atomic mass is 10.1. The molecule has 2 N–H and O–H groups in total. The third kappa shape index (κ3) is 4.37. The first-order chi connectivity index (χ1) is 12.0. The molecule has 2 aromatic carbocycles. The normalized spacial score (nSPS) is 14.3. The summed E-state index contributed by atoms with van der Waals surface area (Å²) in [4.78, 5) is 24.7. The Labute approximate surface area is 150 Å². The van der Waals surface area contributed by atoms with Crippen molar-refractivity contribution in [3.05, 3.63) is 64.4 Å². The van der Waals surface area contributed by atoms with Crippen LogP contribution in [0.25, 0.3) is 0 Å². The van der Waals surface area contributed by atoms with Crippen LogP contribution in [0.15, 0.2) is 42.5 Å². The van der Waals surface area contributed by atoms with Crippen molar-refractivity contribution >= 4 is 29.1 Å². The molecule has 0 radical (unpaired) electrons. The molecule has 0 heterocycles. The molecule has 130 valence electrons. The SMILES string of the molecule is O=C(Nc1ccc(F)c(Cl)c1)c1cccc(C(=O)NC2CCCC2)c1. The molecular weight excluding hydrogens is 343 g/mol. The number of amides is 2. The van der Waals surface area contributed by atoms with E-state index in [1.807, 2.05) is 0 Å². The van der Waals surface area contributed by atoms with E-state index >= 15 is 0 Å². The minimum atomic E-state index is -0.551. The van der Waals surface area contributed by atoms with Gasteiger partial charge in [0.15, 0.2) is 0 Å². The summed E-state index contributed by atoms with van der Waals surface area (Å²) in [5, 5.41) is 5.57. The van der Waals surface area contributed by atoms with Crippen molar-refractivity contribution in [3.8, 4) is 0 Å². The van der Waals surface area contributed by atoms with Crippen LogP contribution in [-0.4, -0.2) is 17.9 Å².